The summed E-state index contributed by atoms with van der Waals surface area (Å²) in [5.74, 6) is 3.22. The number of aromatic nitrogens is 2. The van der Waals surface area contributed by atoms with E-state index < -0.39 is 0 Å². The molecule has 1 saturated heterocycles. The highest BCUT2D eigenvalue weighted by Crippen LogP contribution is 2.08. The van der Waals surface area contributed by atoms with Crippen LogP contribution < -0.4 is 4.90 Å². The molecule has 0 aromatic carbocycles. The normalized spacial score (nSPS) is 16.4. The van der Waals surface area contributed by atoms with E-state index in [-0.39, 0.29) is 0 Å². The van der Waals surface area contributed by atoms with Crippen LogP contribution in [0.1, 0.15) is 5.56 Å². The van der Waals surface area contributed by atoms with Crippen molar-refractivity contribution in [2.24, 2.45) is 0 Å². The maximum Gasteiger partial charge on any atom is 0.225 e. The van der Waals surface area contributed by atoms with Gasteiger partial charge in [-0.2, -0.15) is 0 Å². The third-order valence-electron chi connectivity index (χ3n) is 2.10. The molecule has 0 spiro atoms. The summed E-state index contributed by atoms with van der Waals surface area (Å²) in [6.07, 6.45) is 8.54. The highest BCUT2D eigenvalue weighted by molar-refractivity contribution is 5.34. The lowest BCUT2D eigenvalue weighted by atomic mass is 10.4. The van der Waals surface area contributed by atoms with E-state index >= 15 is 0 Å². The Bertz CT molecular complexity index is 335. The third-order valence-corrected chi connectivity index (χ3v) is 2.10. The Balaban J connectivity index is 2.12. The fraction of sp³-hybridized carbons (Fsp3) is 0.400. The molecule has 0 atom stereocenters. The van der Waals surface area contributed by atoms with Crippen LogP contribution in [0, 0.1) is 12.3 Å². The van der Waals surface area contributed by atoms with Gasteiger partial charge in [-0.25, -0.2) is 9.97 Å². The average molecular weight is 189 g/mol. The van der Waals surface area contributed by atoms with Gasteiger partial charge in [-0.15, -0.1) is 6.42 Å². The molecule has 0 radical (unpaired) electrons. The van der Waals surface area contributed by atoms with Gasteiger partial charge in [0.15, 0.2) is 0 Å². The quantitative estimate of drug-likeness (QED) is 0.595. The lowest BCUT2D eigenvalue weighted by Gasteiger charge is -2.26. The van der Waals surface area contributed by atoms with E-state index in [9.17, 15) is 0 Å². The van der Waals surface area contributed by atoms with Crippen LogP contribution in [0.2, 0.25) is 0 Å². The second-order valence-electron chi connectivity index (χ2n) is 3.02. The fourth-order valence-electron chi connectivity index (χ4n) is 1.32. The van der Waals surface area contributed by atoms with Crippen molar-refractivity contribution in [3.8, 4) is 12.3 Å². The number of anilines is 1. The van der Waals surface area contributed by atoms with Crippen LogP contribution >= 0.6 is 0 Å². The molecule has 4 nitrogen and oxygen atoms in total. The summed E-state index contributed by atoms with van der Waals surface area (Å²) in [6.45, 7) is 3.16. The number of terminal acetylenes is 1. The van der Waals surface area contributed by atoms with Gasteiger partial charge in [0.05, 0.1) is 18.8 Å². The highest BCUT2D eigenvalue weighted by Gasteiger charge is 2.12. The van der Waals surface area contributed by atoms with Crippen LogP contribution in [0.3, 0.4) is 0 Å². The molecule has 72 valence electrons. The van der Waals surface area contributed by atoms with E-state index in [1.54, 1.807) is 12.4 Å². The van der Waals surface area contributed by atoms with Gasteiger partial charge < -0.3 is 9.64 Å². The molecule has 2 rings (SSSR count). The number of morpholine rings is 1. The molecule has 0 N–H and O–H groups in total. The summed E-state index contributed by atoms with van der Waals surface area (Å²) in [7, 11) is 0. The van der Waals surface area contributed by atoms with Gasteiger partial charge in [-0.05, 0) is 0 Å². The Kier molecular flexibility index (Phi) is 2.61. The lowest BCUT2D eigenvalue weighted by Crippen LogP contribution is -2.37. The predicted molar refractivity (Wildman–Crippen MR) is 53.0 cm³/mol. The van der Waals surface area contributed by atoms with Gasteiger partial charge in [0, 0.05) is 25.5 Å². The molecule has 1 aromatic rings. The topological polar surface area (TPSA) is 38.2 Å². The Morgan fingerprint density at radius 3 is 2.50 bits per heavy atom. The van der Waals surface area contributed by atoms with Crippen LogP contribution in [0.15, 0.2) is 12.4 Å². The average Bonchev–Trinajstić information content (AvgIpc) is 2.30. The van der Waals surface area contributed by atoms with Gasteiger partial charge in [0.25, 0.3) is 0 Å². The van der Waals surface area contributed by atoms with Crippen LogP contribution in [0.5, 0.6) is 0 Å². The summed E-state index contributed by atoms with van der Waals surface area (Å²) in [6, 6.07) is 0. The van der Waals surface area contributed by atoms with Crippen LogP contribution in [-0.4, -0.2) is 36.3 Å². The van der Waals surface area contributed by atoms with Crippen molar-refractivity contribution in [2.45, 2.75) is 0 Å². The molecule has 2 heterocycles. The summed E-state index contributed by atoms with van der Waals surface area (Å²) in [5, 5.41) is 0. The zero-order valence-corrected chi connectivity index (χ0v) is 7.81. The third kappa shape index (κ3) is 1.83. The Morgan fingerprint density at radius 1 is 1.29 bits per heavy atom. The minimum atomic E-state index is 0.710. The predicted octanol–water partition coefficient (Wildman–Crippen LogP) is 0.294. The smallest absolute Gasteiger partial charge is 0.225 e. The first kappa shape index (κ1) is 8.97. The molecule has 0 amide bonds. The molecule has 0 unspecified atom stereocenters. The van der Waals surface area contributed by atoms with Crippen LogP contribution in [0.25, 0.3) is 0 Å². The van der Waals surface area contributed by atoms with Crippen molar-refractivity contribution in [1.29, 1.82) is 0 Å². The van der Waals surface area contributed by atoms with Crippen molar-refractivity contribution < 1.29 is 4.74 Å². The van der Waals surface area contributed by atoms with Crippen molar-refractivity contribution in [2.75, 3.05) is 31.2 Å². The zero-order valence-electron chi connectivity index (χ0n) is 7.81. The van der Waals surface area contributed by atoms with Gasteiger partial charge in [-0.3, -0.25) is 0 Å². The van der Waals surface area contributed by atoms with E-state index in [4.69, 9.17) is 11.2 Å². The molecule has 14 heavy (non-hydrogen) atoms. The van der Waals surface area contributed by atoms with Gasteiger partial charge in [0.1, 0.15) is 0 Å². The molecule has 1 aromatic heterocycles. The summed E-state index contributed by atoms with van der Waals surface area (Å²) in [4.78, 5) is 10.5. The van der Waals surface area contributed by atoms with E-state index in [0.29, 0.717) is 5.56 Å². The molecule has 0 saturated carbocycles. The van der Waals surface area contributed by atoms with Crippen LogP contribution in [0.4, 0.5) is 5.95 Å². The zero-order chi connectivity index (χ0) is 9.80. The van der Waals surface area contributed by atoms with Gasteiger partial charge in [-0.1, -0.05) is 5.92 Å². The Hall–Kier alpha value is -1.60. The SMILES string of the molecule is C#Cc1cnc(N2CCOCC2)nc1. The van der Waals surface area contributed by atoms with E-state index in [2.05, 4.69) is 20.8 Å². The molecule has 1 aliphatic rings. The second-order valence-corrected chi connectivity index (χ2v) is 3.02. The maximum atomic E-state index is 5.24. The number of hydrogen-bond donors (Lipinski definition) is 0. The van der Waals surface area contributed by atoms with Crippen molar-refractivity contribution in [3.05, 3.63) is 18.0 Å². The first-order valence-corrected chi connectivity index (χ1v) is 4.51. The number of nitrogens with zero attached hydrogens (tertiary/aromatic N) is 3. The van der Waals surface area contributed by atoms with E-state index in [1.165, 1.54) is 0 Å². The molecular weight excluding hydrogens is 178 g/mol. The largest absolute Gasteiger partial charge is 0.378 e. The maximum absolute atomic E-state index is 5.24. The molecule has 4 heteroatoms. The molecular formula is C10H11N3O. The highest BCUT2D eigenvalue weighted by atomic mass is 16.5. The molecule has 1 fully saturated rings. The summed E-state index contributed by atoms with van der Waals surface area (Å²) >= 11 is 0. The molecule has 0 aliphatic carbocycles. The van der Waals surface area contributed by atoms with Crippen molar-refractivity contribution >= 4 is 5.95 Å². The summed E-state index contributed by atoms with van der Waals surface area (Å²) < 4.78 is 5.24. The molecule has 1 aliphatic heterocycles. The Labute approximate surface area is 82.9 Å². The van der Waals surface area contributed by atoms with Crippen LogP contribution in [-0.2, 0) is 4.74 Å². The number of ether oxygens (including phenoxy) is 1. The number of hydrogen-bond acceptors (Lipinski definition) is 4. The number of rotatable bonds is 1. The van der Waals surface area contributed by atoms with Gasteiger partial charge >= 0.3 is 0 Å². The Morgan fingerprint density at radius 2 is 1.93 bits per heavy atom. The standard InChI is InChI=1S/C10H11N3O/c1-2-9-7-11-10(12-8-9)13-3-5-14-6-4-13/h1,7-8H,3-6H2. The van der Waals surface area contributed by atoms with Crippen molar-refractivity contribution in [1.82, 2.24) is 9.97 Å². The minimum Gasteiger partial charge on any atom is -0.378 e. The lowest BCUT2D eigenvalue weighted by molar-refractivity contribution is 0.122. The second kappa shape index (κ2) is 4.07. The minimum absolute atomic E-state index is 0.710. The van der Waals surface area contributed by atoms with E-state index in [1.807, 2.05) is 0 Å². The van der Waals surface area contributed by atoms with E-state index in [0.717, 1.165) is 32.3 Å². The fourth-order valence-corrected chi connectivity index (χ4v) is 1.32. The molecule has 0 bridgehead atoms. The van der Waals surface area contributed by atoms with Gasteiger partial charge in [0.2, 0.25) is 5.95 Å². The summed E-state index contributed by atoms with van der Waals surface area (Å²) in [5.41, 5.74) is 0.710. The first-order valence-electron chi connectivity index (χ1n) is 4.51. The van der Waals surface area contributed by atoms with Crippen molar-refractivity contribution in [3.63, 3.8) is 0 Å². The monoisotopic (exact) mass is 189 g/mol. The first-order chi connectivity index (χ1) is 6.90.